The average molecular weight is 244 g/mol. The van der Waals surface area contributed by atoms with Crippen LogP contribution in [0.25, 0.3) is 0 Å². The van der Waals surface area contributed by atoms with Gasteiger partial charge >= 0.3 is 5.97 Å². The lowest BCUT2D eigenvalue weighted by Crippen LogP contribution is -2.15. The highest BCUT2D eigenvalue weighted by molar-refractivity contribution is 6.31. The second kappa shape index (κ2) is 5.61. The molecule has 0 saturated carbocycles. The smallest absolute Gasteiger partial charge is 0.325 e. The van der Waals surface area contributed by atoms with Crippen LogP contribution in [-0.4, -0.2) is 26.7 Å². The maximum Gasteiger partial charge on any atom is 0.325 e. The largest absolute Gasteiger partial charge is 0.495 e. The van der Waals surface area contributed by atoms with Gasteiger partial charge in [-0.3, -0.25) is 4.79 Å². The molecule has 1 N–H and O–H groups in total. The Balaban J connectivity index is 2.86. The molecule has 0 heterocycles. The molecular weight excluding hydrogens is 230 g/mol. The van der Waals surface area contributed by atoms with Crippen LogP contribution in [-0.2, 0) is 9.53 Å². The zero-order chi connectivity index (χ0) is 12.1. The summed E-state index contributed by atoms with van der Waals surface area (Å²) in [6.45, 7) is 1.97. The van der Waals surface area contributed by atoms with E-state index in [0.717, 1.165) is 11.3 Å². The highest BCUT2D eigenvalue weighted by atomic mass is 35.5. The van der Waals surface area contributed by atoms with E-state index in [-0.39, 0.29) is 12.5 Å². The van der Waals surface area contributed by atoms with Crippen LogP contribution in [0, 0.1) is 6.92 Å². The van der Waals surface area contributed by atoms with Gasteiger partial charge in [0.1, 0.15) is 12.3 Å². The molecule has 0 amide bonds. The summed E-state index contributed by atoms with van der Waals surface area (Å²) in [5.41, 5.74) is 1.63. The number of nitrogens with one attached hydrogen (secondary N) is 1. The van der Waals surface area contributed by atoms with Gasteiger partial charge in [-0.1, -0.05) is 11.6 Å². The number of halogens is 1. The van der Waals surface area contributed by atoms with Gasteiger partial charge in [-0.05, 0) is 18.6 Å². The summed E-state index contributed by atoms with van der Waals surface area (Å²) in [7, 11) is 2.89. The molecule has 0 aliphatic carbocycles. The Bertz CT molecular complexity index is 393. The Labute approximate surface area is 99.5 Å². The van der Waals surface area contributed by atoms with Crippen LogP contribution in [0.4, 0.5) is 5.69 Å². The van der Waals surface area contributed by atoms with Crippen LogP contribution >= 0.6 is 11.6 Å². The predicted octanol–water partition coefficient (Wildman–Crippen LogP) is 2.24. The lowest BCUT2D eigenvalue weighted by Gasteiger charge is -2.12. The molecule has 0 atom stereocenters. The van der Waals surface area contributed by atoms with Gasteiger partial charge < -0.3 is 14.8 Å². The van der Waals surface area contributed by atoms with Crippen molar-refractivity contribution in [1.82, 2.24) is 0 Å². The molecule has 4 nitrogen and oxygen atoms in total. The van der Waals surface area contributed by atoms with Crippen LogP contribution in [0.5, 0.6) is 5.75 Å². The molecule has 16 heavy (non-hydrogen) atoms. The number of hydrogen-bond acceptors (Lipinski definition) is 4. The molecule has 1 rings (SSSR count). The SMILES string of the molecule is COC(=O)CNc1cc(C)c(Cl)cc1OC. The summed E-state index contributed by atoms with van der Waals surface area (Å²) in [4.78, 5) is 11.0. The Morgan fingerprint density at radius 1 is 1.44 bits per heavy atom. The van der Waals surface area contributed by atoms with Crippen molar-refractivity contribution in [2.24, 2.45) is 0 Å². The Hall–Kier alpha value is -1.42. The number of hydrogen-bond donors (Lipinski definition) is 1. The van der Waals surface area contributed by atoms with E-state index in [4.69, 9.17) is 16.3 Å². The van der Waals surface area contributed by atoms with Crippen LogP contribution in [0.15, 0.2) is 12.1 Å². The van der Waals surface area contributed by atoms with E-state index in [1.54, 1.807) is 13.2 Å². The summed E-state index contributed by atoms with van der Waals surface area (Å²) in [6.07, 6.45) is 0. The summed E-state index contributed by atoms with van der Waals surface area (Å²) < 4.78 is 9.68. The minimum Gasteiger partial charge on any atom is -0.495 e. The minimum absolute atomic E-state index is 0.0912. The lowest BCUT2D eigenvalue weighted by atomic mass is 10.2. The first-order valence-electron chi connectivity index (χ1n) is 4.73. The molecule has 0 spiro atoms. The Morgan fingerprint density at radius 3 is 2.69 bits per heavy atom. The second-order valence-electron chi connectivity index (χ2n) is 3.23. The standard InChI is InChI=1S/C11H14ClNO3/c1-7-4-9(13-6-11(14)16-3)10(15-2)5-8(7)12/h4-5,13H,6H2,1-3H3. The van der Waals surface area contributed by atoms with Gasteiger partial charge in [0.15, 0.2) is 0 Å². The molecule has 0 unspecified atom stereocenters. The van der Waals surface area contributed by atoms with Gasteiger partial charge in [0.05, 0.1) is 19.9 Å². The highest BCUT2D eigenvalue weighted by Gasteiger charge is 2.08. The number of esters is 1. The van der Waals surface area contributed by atoms with Crippen LogP contribution < -0.4 is 10.1 Å². The molecule has 0 aliphatic rings. The molecule has 88 valence electrons. The van der Waals surface area contributed by atoms with Crippen molar-refractivity contribution in [3.8, 4) is 5.75 Å². The van der Waals surface area contributed by atoms with E-state index in [9.17, 15) is 4.79 Å². The average Bonchev–Trinajstić information content (AvgIpc) is 2.29. The summed E-state index contributed by atoms with van der Waals surface area (Å²) in [6, 6.07) is 3.53. The number of carbonyl (C=O) groups excluding carboxylic acids is 1. The second-order valence-corrected chi connectivity index (χ2v) is 3.64. The zero-order valence-electron chi connectivity index (χ0n) is 9.46. The van der Waals surface area contributed by atoms with Crippen LogP contribution in [0.3, 0.4) is 0 Å². The fraction of sp³-hybridized carbons (Fsp3) is 0.364. The Kier molecular flexibility index (Phi) is 4.43. The fourth-order valence-electron chi connectivity index (χ4n) is 1.21. The van der Waals surface area contributed by atoms with Crippen molar-refractivity contribution >= 4 is 23.3 Å². The normalized spacial score (nSPS) is 9.75. The summed E-state index contributed by atoms with van der Waals surface area (Å²) in [5, 5.41) is 3.55. The quantitative estimate of drug-likeness (QED) is 0.824. The third kappa shape index (κ3) is 3.03. The summed E-state index contributed by atoms with van der Waals surface area (Å²) >= 11 is 5.96. The first kappa shape index (κ1) is 12.6. The molecular formula is C11H14ClNO3. The molecule has 5 heteroatoms. The first-order chi connectivity index (χ1) is 7.58. The van der Waals surface area contributed by atoms with E-state index in [0.29, 0.717) is 10.8 Å². The number of benzene rings is 1. The highest BCUT2D eigenvalue weighted by Crippen LogP contribution is 2.30. The van der Waals surface area contributed by atoms with Crippen LogP contribution in [0.2, 0.25) is 5.02 Å². The van der Waals surface area contributed by atoms with Gasteiger partial charge in [0, 0.05) is 11.1 Å². The number of methoxy groups -OCH3 is 2. The molecule has 0 saturated heterocycles. The van der Waals surface area contributed by atoms with Crippen molar-refractivity contribution in [3.63, 3.8) is 0 Å². The van der Waals surface area contributed by atoms with E-state index in [1.807, 2.05) is 13.0 Å². The van der Waals surface area contributed by atoms with Gasteiger partial charge in [-0.2, -0.15) is 0 Å². The van der Waals surface area contributed by atoms with Gasteiger partial charge in [0.25, 0.3) is 0 Å². The van der Waals surface area contributed by atoms with Gasteiger partial charge in [0.2, 0.25) is 0 Å². The molecule has 1 aromatic rings. The van der Waals surface area contributed by atoms with Gasteiger partial charge in [-0.15, -0.1) is 0 Å². The van der Waals surface area contributed by atoms with Crippen molar-refractivity contribution in [2.45, 2.75) is 6.92 Å². The topological polar surface area (TPSA) is 47.6 Å². The van der Waals surface area contributed by atoms with E-state index in [1.165, 1.54) is 7.11 Å². The zero-order valence-corrected chi connectivity index (χ0v) is 10.2. The van der Waals surface area contributed by atoms with Crippen molar-refractivity contribution in [1.29, 1.82) is 0 Å². The molecule has 0 radical (unpaired) electrons. The Morgan fingerprint density at radius 2 is 2.12 bits per heavy atom. The van der Waals surface area contributed by atoms with Crippen molar-refractivity contribution in [3.05, 3.63) is 22.7 Å². The maximum absolute atomic E-state index is 11.0. The van der Waals surface area contributed by atoms with Gasteiger partial charge in [-0.25, -0.2) is 0 Å². The number of ether oxygens (including phenoxy) is 2. The third-order valence-electron chi connectivity index (χ3n) is 2.13. The van der Waals surface area contributed by atoms with Crippen molar-refractivity contribution in [2.75, 3.05) is 26.1 Å². The molecule has 0 fully saturated rings. The van der Waals surface area contributed by atoms with Crippen molar-refractivity contribution < 1.29 is 14.3 Å². The number of anilines is 1. The summed E-state index contributed by atoms with van der Waals surface area (Å²) in [5.74, 6) is 0.258. The molecule has 1 aromatic carbocycles. The number of aryl methyl sites for hydroxylation is 1. The minimum atomic E-state index is -0.338. The number of rotatable bonds is 4. The van der Waals surface area contributed by atoms with E-state index in [2.05, 4.69) is 10.1 Å². The van der Waals surface area contributed by atoms with E-state index >= 15 is 0 Å². The first-order valence-corrected chi connectivity index (χ1v) is 5.11. The predicted molar refractivity (Wildman–Crippen MR) is 63.2 cm³/mol. The fourth-order valence-corrected chi connectivity index (χ4v) is 1.36. The number of carbonyl (C=O) groups is 1. The molecule has 0 aromatic heterocycles. The maximum atomic E-state index is 11.0. The molecule has 0 bridgehead atoms. The lowest BCUT2D eigenvalue weighted by molar-refractivity contribution is -0.138. The van der Waals surface area contributed by atoms with E-state index < -0.39 is 0 Å². The van der Waals surface area contributed by atoms with Crippen LogP contribution in [0.1, 0.15) is 5.56 Å². The molecule has 0 aliphatic heterocycles. The third-order valence-corrected chi connectivity index (χ3v) is 2.54. The monoisotopic (exact) mass is 243 g/mol.